The zero-order valence-electron chi connectivity index (χ0n) is 19.1. The topological polar surface area (TPSA) is 94.2 Å². The van der Waals surface area contributed by atoms with E-state index in [0.717, 1.165) is 0 Å². The van der Waals surface area contributed by atoms with Crippen molar-refractivity contribution in [1.29, 1.82) is 0 Å². The van der Waals surface area contributed by atoms with E-state index in [-0.39, 0.29) is 27.3 Å². The minimum absolute atomic E-state index is 0.0496. The number of hydrogen-bond acceptors (Lipinski definition) is 6. The van der Waals surface area contributed by atoms with Crippen LogP contribution in [0.3, 0.4) is 0 Å². The fourth-order valence-corrected chi connectivity index (χ4v) is 4.79. The number of carbonyl (C=O) groups is 1. The van der Waals surface area contributed by atoms with Crippen LogP contribution in [0.5, 0.6) is 17.2 Å². The monoisotopic (exact) mass is 484 g/mol. The second kappa shape index (κ2) is 10.9. The smallest absolute Gasteiger partial charge is 0.255 e. The summed E-state index contributed by atoms with van der Waals surface area (Å²) in [5, 5.41) is 2.92. The largest absolute Gasteiger partial charge is 0.495 e. The lowest BCUT2D eigenvalue weighted by Gasteiger charge is -2.20. The highest BCUT2D eigenvalue weighted by molar-refractivity contribution is 7.89. The maximum absolute atomic E-state index is 13.0. The van der Waals surface area contributed by atoms with E-state index < -0.39 is 15.9 Å². The van der Waals surface area contributed by atoms with Crippen molar-refractivity contribution in [3.05, 3.63) is 40.9 Å². The van der Waals surface area contributed by atoms with Gasteiger partial charge in [0.2, 0.25) is 10.0 Å². The molecule has 1 N–H and O–H groups in total. The molecule has 0 atom stereocenters. The fraction of sp³-hybridized carbons (Fsp3) is 0.409. The summed E-state index contributed by atoms with van der Waals surface area (Å²) in [7, 11) is -0.833. The maximum Gasteiger partial charge on any atom is 0.255 e. The summed E-state index contributed by atoms with van der Waals surface area (Å²) in [6.45, 7) is 7.88. The first kappa shape index (κ1) is 25.8. The van der Waals surface area contributed by atoms with Gasteiger partial charge in [-0.2, -0.15) is 4.31 Å². The van der Waals surface area contributed by atoms with Crippen molar-refractivity contribution in [2.45, 2.75) is 38.7 Å². The molecule has 0 unspecified atom stereocenters. The number of ether oxygens (including phenoxy) is 3. The predicted molar refractivity (Wildman–Crippen MR) is 125 cm³/mol. The molecule has 0 aliphatic heterocycles. The molecule has 0 aliphatic carbocycles. The lowest BCUT2D eigenvalue weighted by Crippen LogP contribution is -2.30. The van der Waals surface area contributed by atoms with Crippen LogP contribution in [0.2, 0.25) is 5.02 Å². The number of nitrogens with zero attached hydrogens (tertiary/aromatic N) is 1. The van der Waals surface area contributed by atoms with Gasteiger partial charge in [0.25, 0.3) is 5.91 Å². The molecule has 0 aliphatic rings. The molecule has 32 heavy (non-hydrogen) atoms. The predicted octanol–water partition coefficient (Wildman–Crippen LogP) is 4.43. The van der Waals surface area contributed by atoms with Gasteiger partial charge in [0.15, 0.2) is 11.5 Å². The Morgan fingerprint density at radius 3 is 2.22 bits per heavy atom. The Morgan fingerprint density at radius 1 is 1.06 bits per heavy atom. The molecule has 8 nitrogen and oxygen atoms in total. The third kappa shape index (κ3) is 5.65. The van der Waals surface area contributed by atoms with E-state index in [1.807, 2.05) is 13.8 Å². The van der Waals surface area contributed by atoms with Crippen LogP contribution in [0.4, 0.5) is 5.69 Å². The zero-order valence-corrected chi connectivity index (χ0v) is 20.6. The van der Waals surface area contributed by atoms with Gasteiger partial charge in [-0.15, -0.1) is 0 Å². The molecule has 2 aromatic carbocycles. The van der Waals surface area contributed by atoms with Crippen molar-refractivity contribution in [3.63, 3.8) is 0 Å². The van der Waals surface area contributed by atoms with Crippen LogP contribution in [-0.4, -0.2) is 52.0 Å². The first-order chi connectivity index (χ1) is 15.1. The second-order valence-corrected chi connectivity index (χ2v) is 9.41. The van der Waals surface area contributed by atoms with Crippen LogP contribution in [0.15, 0.2) is 35.2 Å². The highest BCUT2D eigenvalue weighted by Gasteiger charge is 2.24. The molecule has 0 saturated carbocycles. The molecule has 0 spiro atoms. The van der Waals surface area contributed by atoms with Crippen LogP contribution in [-0.2, 0) is 10.0 Å². The Balaban J connectivity index is 2.44. The SMILES string of the molecule is CCN(CC)S(=O)(=O)c1ccc(OC)c(NC(=O)c2cc(Cl)c(OC(C)C)c(OC)c2)c1. The molecule has 0 radical (unpaired) electrons. The number of hydrogen-bond donors (Lipinski definition) is 1. The summed E-state index contributed by atoms with van der Waals surface area (Å²) in [5.74, 6) is 0.443. The van der Waals surface area contributed by atoms with E-state index in [1.165, 1.54) is 48.9 Å². The minimum Gasteiger partial charge on any atom is -0.495 e. The van der Waals surface area contributed by atoms with Crippen molar-refractivity contribution in [1.82, 2.24) is 4.31 Å². The quantitative estimate of drug-likeness (QED) is 0.536. The van der Waals surface area contributed by atoms with Gasteiger partial charge in [0.05, 0.1) is 35.9 Å². The van der Waals surface area contributed by atoms with E-state index in [1.54, 1.807) is 13.8 Å². The third-order valence-corrected chi connectivity index (χ3v) is 6.93. The highest BCUT2D eigenvalue weighted by Crippen LogP contribution is 2.37. The minimum atomic E-state index is -3.71. The number of rotatable bonds is 10. The average molecular weight is 485 g/mol. The molecule has 0 heterocycles. The average Bonchev–Trinajstić information content (AvgIpc) is 2.75. The Morgan fingerprint density at radius 2 is 1.69 bits per heavy atom. The van der Waals surface area contributed by atoms with E-state index in [2.05, 4.69) is 5.32 Å². The number of anilines is 1. The van der Waals surface area contributed by atoms with Crippen LogP contribution >= 0.6 is 11.6 Å². The normalized spacial score (nSPS) is 11.5. The van der Waals surface area contributed by atoms with Gasteiger partial charge in [-0.05, 0) is 44.2 Å². The molecule has 0 saturated heterocycles. The van der Waals surface area contributed by atoms with Gasteiger partial charge in [-0.1, -0.05) is 25.4 Å². The molecule has 176 valence electrons. The molecule has 2 rings (SSSR count). The first-order valence-electron chi connectivity index (χ1n) is 10.1. The number of benzene rings is 2. The molecule has 0 bridgehead atoms. The van der Waals surface area contributed by atoms with Crippen LogP contribution in [0, 0.1) is 0 Å². The van der Waals surface area contributed by atoms with Crippen molar-refractivity contribution in [2.75, 3.05) is 32.6 Å². The van der Waals surface area contributed by atoms with Gasteiger partial charge in [0.1, 0.15) is 5.75 Å². The van der Waals surface area contributed by atoms with Gasteiger partial charge >= 0.3 is 0 Å². The van der Waals surface area contributed by atoms with Crippen LogP contribution < -0.4 is 19.5 Å². The second-order valence-electron chi connectivity index (χ2n) is 7.06. The maximum atomic E-state index is 13.0. The molecule has 1 amide bonds. The number of methoxy groups -OCH3 is 2. The van der Waals surface area contributed by atoms with Crippen molar-refractivity contribution < 1.29 is 27.4 Å². The Hall–Kier alpha value is -2.49. The Bertz CT molecular complexity index is 1070. The molecule has 0 aromatic heterocycles. The van der Waals surface area contributed by atoms with Gasteiger partial charge < -0.3 is 19.5 Å². The summed E-state index contributed by atoms with van der Waals surface area (Å²) in [6.07, 6.45) is -0.138. The van der Waals surface area contributed by atoms with Gasteiger partial charge in [0, 0.05) is 18.7 Å². The van der Waals surface area contributed by atoms with Crippen molar-refractivity contribution >= 4 is 33.2 Å². The van der Waals surface area contributed by atoms with Gasteiger partial charge in [-0.25, -0.2) is 8.42 Å². The fourth-order valence-electron chi connectivity index (χ4n) is 3.05. The molecule has 10 heteroatoms. The highest BCUT2D eigenvalue weighted by atomic mass is 35.5. The molecular weight excluding hydrogens is 456 g/mol. The third-order valence-electron chi connectivity index (χ3n) is 4.61. The first-order valence-corrected chi connectivity index (χ1v) is 11.9. The number of halogens is 1. The Labute approximate surface area is 194 Å². The van der Waals surface area contributed by atoms with E-state index in [0.29, 0.717) is 30.3 Å². The number of sulfonamides is 1. The summed E-state index contributed by atoms with van der Waals surface area (Å²) in [5.41, 5.74) is 0.422. The van der Waals surface area contributed by atoms with E-state index in [9.17, 15) is 13.2 Å². The lowest BCUT2D eigenvalue weighted by molar-refractivity contribution is 0.102. The van der Waals surface area contributed by atoms with Crippen LogP contribution in [0.25, 0.3) is 0 Å². The summed E-state index contributed by atoms with van der Waals surface area (Å²) >= 11 is 6.32. The van der Waals surface area contributed by atoms with Crippen molar-refractivity contribution in [3.8, 4) is 17.2 Å². The van der Waals surface area contributed by atoms with E-state index in [4.69, 9.17) is 25.8 Å². The standard InChI is InChI=1S/C22H29ClN2O6S/c1-7-25(8-2)32(27,28)16-9-10-19(29-5)18(13-16)24-22(26)15-11-17(23)21(31-14(3)4)20(12-15)30-6/h9-14H,7-8H2,1-6H3,(H,24,26). The number of nitrogens with one attached hydrogen (secondary N) is 1. The van der Waals surface area contributed by atoms with Gasteiger partial charge in [-0.3, -0.25) is 4.79 Å². The molecule has 0 fully saturated rings. The lowest BCUT2D eigenvalue weighted by atomic mass is 10.1. The summed E-state index contributed by atoms with van der Waals surface area (Å²) in [6, 6.07) is 7.28. The summed E-state index contributed by atoms with van der Waals surface area (Å²) in [4.78, 5) is 13.0. The van der Waals surface area contributed by atoms with Crippen molar-refractivity contribution in [2.24, 2.45) is 0 Å². The van der Waals surface area contributed by atoms with Crippen LogP contribution in [0.1, 0.15) is 38.1 Å². The number of carbonyl (C=O) groups excluding carboxylic acids is 1. The molecule has 2 aromatic rings. The Kier molecular flexibility index (Phi) is 8.77. The number of amides is 1. The zero-order chi connectivity index (χ0) is 24.1. The molecular formula is C22H29ClN2O6S. The van der Waals surface area contributed by atoms with E-state index >= 15 is 0 Å². The summed E-state index contributed by atoms with van der Waals surface area (Å²) < 4.78 is 43.4.